The van der Waals surface area contributed by atoms with Crippen LogP contribution in [0.1, 0.15) is 15.9 Å². The van der Waals surface area contributed by atoms with Crippen LogP contribution in [-0.2, 0) is 11.2 Å². The van der Waals surface area contributed by atoms with Crippen molar-refractivity contribution in [3.05, 3.63) is 59.7 Å². The number of carbonyl (C=O) groups excluding carboxylic acids is 1. The van der Waals surface area contributed by atoms with E-state index in [1.54, 1.807) is 29.2 Å². The van der Waals surface area contributed by atoms with Crippen LogP contribution in [0, 0.1) is 0 Å². The molecule has 0 saturated heterocycles. The second kappa shape index (κ2) is 5.89. The maximum Gasteiger partial charge on any atom is 0.341 e. The van der Waals surface area contributed by atoms with E-state index in [-0.39, 0.29) is 12.5 Å². The first kappa shape index (κ1) is 14.1. The lowest BCUT2D eigenvalue weighted by molar-refractivity contribution is -0.139. The van der Waals surface area contributed by atoms with Gasteiger partial charge in [0.15, 0.2) is 6.61 Å². The van der Waals surface area contributed by atoms with Crippen molar-refractivity contribution in [2.75, 3.05) is 18.1 Å². The highest BCUT2D eigenvalue weighted by molar-refractivity contribution is 6.07. The van der Waals surface area contributed by atoms with E-state index in [1.165, 1.54) is 0 Å². The lowest BCUT2D eigenvalue weighted by Crippen LogP contribution is -2.28. The summed E-state index contributed by atoms with van der Waals surface area (Å²) < 4.78 is 5.31. The maximum absolute atomic E-state index is 12.6. The lowest BCUT2D eigenvalue weighted by atomic mass is 10.1. The van der Waals surface area contributed by atoms with Crippen molar-refractivity contribution in [2.24, 2.45) is 0 Å². The molecule has 5 nitrogen and oxygen atoms in total. The number of aliphatic carboxylic acids is 1. The lowest BCUT2D eigenvalue weighted by Gasteiger charge is -2.18. The molecule has 0 fully saturated rings. The molecule has 1 aliphatic heterocycles. The van der Waals surface area contributed by atoms with E-state index in [9.17, 15) is 9.59 Å². The largest absolute Gasteiger partial charge is 0.482 e. The number of hydrogen-bond donors (Lipinski definition) is 1. The summed E-state index contributed by atoms with van der Waals surface area (Å²) in [5.41, 5.74) is 2.30. The van der Waals surface area contributed by atoms with Gasteiger partial charge < -0.3 is 14.7 Å². The van der Waals surface area contributed by atoms with Gasteiger partial charge in [-0.25, -0.2) is 4.79 Å². The second-order valence-electron chi connectivity index (χ2n) is 5.01. The van der Waals surface area contributed by atoms with Crippen LogP contribution in [-0.4, -0.2) is 30.1 Å². The first-order chi connectivity index (χ1) is 10.7. The molecular formula is C17H15NO4. The van der Waals surface area contributed by atoms with Crippen LogP contribution < -0.4 is 9.64 Å². The molecular weight excluding hydrogens is 282 g/mol. The number of carbonyl (C=O) groups is 2. The van der Waals surface area contributed by atoms with E-state index >= 15 is 0 Å². The minimum absolute atomic E-state index is 0.0604. The number of nitrogens with zero attached hydrogens (tertiary/aromatic N) is 1. The number of amides is 1. The Labute approximate surface area is 127 Å². The van der Waals surface area contributed by atoms with E-state index in [0.29, 0.717) is 24.3 Å². The van der Waals surface area contributed by atoms with Gasteiger partial charge in [-0.1, -0.05) is 24.3 Å². The summed E-state index contributed by atoms with van der Waals surface area (Å²) in [6, 6.07) is 14.5. The standard InChI is InChI=1S/C17H15NO4/c19-16(20)11-22-15-8-4-7-14-13(15)9-10-18(14)17(21)12-5-2-1-3-6-12/h1-8H,9-11H2,(H,19,20). The van der Waals surface area contributed by atoms with Gasteiger partial charge in [0.05, 0.1) is 5.69 Å². The van der Waals surface area contributed by atoms with E-state index in [2.05, 4.69) is 0 Å². The van der Waals surface area contributed by atoms with Crippen molar-refractivity contribution >= 4 is 17.6 Å². The third kappa shape index (κ3) is 2.65. The summed E-state index contributed by atoms with van der Waals surface area (Å²) in [5, 5.41) is 8.72. The molecule has 1 amide bonds. The summed E-state index contributed by atoms with van der Waals surface area (Å²) in [6.45, 7) is 0.180. The fourth-order valence-electron chi connectivity index (χ4n) is 2.62. The predicted molar refractivity (Wildman–Crippen MR) is 81.4 cm³/mol. The van der Waals surface area contributed by atoms with E-state index in [0.717, 1.165) is 11.3 Å². The van der Waals surface area contributed by atoms with Gasteiger partial charge in [-0.05, 0) is 30.7 Å². The molecule has 3 rings (SSSR count). The maximum atomic E-state index is 12.6. The highest BCUT2D eigenvalue weighted by atomic mass is 16.5. The zero-order valence-electron chi connectivity index (χ0n) is 11.9. The Kier molecular flexibility index (Phi) is 3.78. The van der Waals surface area contributed by atoms with Gasteiger partial charge in [0.1, 0.15) is 5.75 Å². The Morgan fingerprint density at radius 1 is 1.09 bits per heavy atom. The number of carboxylic acid groups (broad SMARTS) is 1. The molecule has 0 unspecified atom stereocenters. The number of carboxylic acids is 1. The molecule has 0 aliphatic carbocycles. The quantitative estimate of drug-likeness (QED) is 0.940. The van der Waals surface area contributed by atoms with Crippen molar-refractivity contribution in [2.45, 2.75) is 6.42 Å². The number of hydrogen-bond acceptors (Lipinski definition) is 3. The van der Waals surface area contributed by atoms with Gasteiger partial charge in [-0.2, -0.15) is 0 Å². The zero-order valence-corrected chi connectivity index (χ0v) is 11.9. The molecule has 0 bridgehead atoms. The normalized spacial score (nSPS) is 12.8. The fraction of sp³-hybridized carbons (Fsp3) is 0.176. The Morgan fingerprint density at radius 3 is 2.59 bits per heavy atom. The Balaban J connectivity index is 1.87. The van der Waals surface area contributed by atoms with Crippen LogP contribution in [0.4, 0.5) is 5.69 Å². The van der Waals surface area contributed by atoms with Crippen LogP contribution in [0.2, 0.25) is 0 Å². The summed E-state index contributed by atoms with van der Waals surface area (Å²) in [5.74, 6) is -0.550. The van der Waals surface area contributed by atoms with E-state index in [4.69, 9.17) is 9.84 Å². The minimum Gasteiger partial charge on any atom is -0.482 e. The van der Waals surface area contributed by atoms with Gasteiger partial charge in [0.2, 0.25) is 0 Å². The molecule has 2 aromatic rings. The number of benzene rings is 2. The molecule has 0 atom stereocenters. The molecule has 2 aromatic carbocycles. The summed E-state index contributed by atoms with van der Waals surface area (Å²) in [4.78, 5) is 24.9. The monoisotopic (exact) mass is 297 g/mol. The fourth-order valence-corrected chi connectivity index (χ4v) is 2.62. The van der Waals surface area contributed by atoms with Crippen LogP contribution in [0.25, 0.3) is 0 Å². The molecule has 0 radical (unpaired) electrons. The average Bonchev–Trinajstić information content (AvgIpc) is 2.97. The molecule has 22 heavy (non-hydrogen) atoms. The van der Waals surface area contributed by atoms with E-state index < -0.39 is 5.97 Å². The molecule has 5 heteroatoms. The topological polar surface area (TPSA) is 66.8 Å². The summed E-state index contributed by atoms with van der Waals surface area (Å²) >= 11 is 0. The SMILES string of the molecule is O=C(O)COc1cccc2c1CCN2C(=O)c1ccccc1. The first-order valence-corrected chi connectivity index (χ1v) is 7.00. The van der Waals surface area contributed by atoms with Gasteiger partial charge in [0, 0.05) is 17.7 Å². The third-order valence-corrected chi connectivity index (χ3v) is 3.60. The Bertz CT molecular complexity index is 712. The van der Waals surface area contributed by atoms with Crippen molar-refractivity contribution in [1.82, 2.24) is 0 Å². The van der Waals surface area contributed by atoms with Gasteiger partial charge >= 0.3 is 5.97 Å². The van der Waals surface area contributed by atoms with E-state index in [1.807, 2.05) is 24.3 Å². The van der Waals surface area contributed by atoms with Gasteiger partial charge in [-0.3, -0.25) is 4.79 Å². The molecule has 0 spiro atoms. The van der Waals surface area contributed by atoms with Crippen molar-refractivity contribution in [1.29, 1.82) is 0 Å². The number of rotatable bonds is 4. The third-order valence-electron chi connectivity index (χ3n) is 3.60. The molecule has 1 N–H and O–H groups in total. The molecule has 0 saturated carbocycles. The Morgan fingerprint density at radius 2 is 1.86 bits per heavy atom. The van der Waals surface area contributed by atoms with Crippen LogP contribution in [0.15, 0.2) is 48.5 Å². The molecule has 1 aliphatic rings. The van der Waals surface area contributed by atoms with Crippen LogP contribution in [0.5, 0.6) is 5.75 Å². The van der Waals surface area contributed by atoms with Crippen LogP contribution in [0.3, 0.4) is 0 Å². The molecule has 1 heterocycles. The summed E-state index contributed by atoms with van der Waals surface area (Å²) in [6.07, 6.45) is 0.656. The average molecular weight is 297 g/mol. The van der Waals surface area contributed by atoms with Crippen molar-refractivity contribution < 1.29 is 19.4 Å². The minimum atomic E-state index is -1.02. The smallest absolute Gasteiger partial charge is 0.341 e. The predicted octanol–water partition coefficient (Wildman–Crippen LogP) is 2.35. The first-order valence-electron chi connectivity index (χ1n) is 7.00. The highest BCUT2D eigenvalue weighted by Crippen LogP contribution is 2.35. The van der Waals surface area contributed by atoms with Crippen molar-refractivity contribution in [3.8, 4) is 5.75 Å². The van der Waals surface area contributed by atoms with Gasteiger partial charge in [0.25, 0.3) is 5.91 Å². The molecule has 112 valence electrons. The number of ether oxygens (including phenoxy) is 1. The van der Waals surface area contributed by atoms with Gasteiger partial charge in [-0.15, -0.1) is 0 Å². The zero-order chi connectivity index (χ0) is 15.5. The number of fused-ring (bicyclic) bond motifs is 1. The summed E-state index contributed by atoms with van der Waals surface area (Å²) in [7, 11) is 0. The van der Waals surface area contributed by atoms with Crippen LogP contribution >= 0.6 is 0 Å². The molecule has 0 aromatic heterocycles. The number of anilines is 1. The second-order valence-corrected chi connectivity index (χ2v) is 5.01. The van der Waals surface area contributed by atoms with Crippen molar-refractivity contribution in [3.63, 3.8) is 0 Å². The highest BCUT2D eigenvalue weighted by Gasteiger charge is 2.27. The Hall–Kier alpha value is -2.82.